The lowest BCUT2D eigenvalue weighted by atomic mass is 10.2. The number of ether oxygens (including phenoxy) is 1. The quantitative estimate of drug-likeness (QED) is 0.663. The maximum atomic E-state index is 13.0. The highest BCUT2D eigenvalue weighted by atomic mass is 35.5. The highest BCUT2D eigenvalue weighted by Crippen LogP contribution is 2.20. The van der Waals surface area contributed by atoms with Crippen LogP contribution in [0.1, 0.15) is 16.8 Å². The molecular formula is C18H15ClF4N2O3. The van der Waals surface area contributed by atoms with Gasteiger partial charge in [-0.25, -0.2) is 4.39 Å². The molecule has 0 aliphatic carbocycles. The number of carbonyl (C=O) groups excluding carboxylic acids is 2. The molecule has 10 heteroatoms. The molecule has 0 radical (unpaired) electrons. The van der Waals surface area contributed by atoms with Crippen LogP contribution in [0.3, 0.4) is 0 Å². The van der Waals surface area contributed by atoms with Gasteiger partial charge in [-0.1, -0.05) is 11.6 Å². The van der Waals surface area contributed by atoms with Crippen molar-refractivity contribution in [1.29, 1.82) is 0 Å². The van der Waals surface area contributed by atoms with Gasteiger partial charge in [-0.15, -0.1) is 0 Å². The number of rotatable bonds is 7. The molecule has 0 fully saturated rings. The first-order valence-corrected chi connectivity index (χ1v) is 8.34. The van der Waals surface area contributed by atoms with E-state index in [1.165, 1.54) is 30.3 Å². The summed E-state index contributed by atoms with van der Waals surface area (Å²) in [4.78, 5) is 23.8. The number of benzene rings is 2. The molecule has 0 aliphatic rings. The molecule has 0 saturated carbocycles. The number of amides is 2. The second kappa shape index (κ2) is 9.41. The average molecular weight is 419 g/mol. The Balaban J connectivity index is 1.77. The van der Waals surface area contributed by atoms with E-state index < -0.39 is 30.4 Å². The van der Waals surface area contributed by atoms with Crippen molar-refractivity contribution >= 4 is 29.1 Å². The van der Waals surface area contributed by atoms with E-state index in [1.54, 1.807) is 0 Å². The molecule has 0 aliphatic heterocycles. The van der Waals surface area contributed by atoms with Crippen LogP contribution in [0, 0.1) is 5.82 Å². The van der Waals surface area contributed by atoms with Crippen LogP contribution in [0.4, 0.5) is 23.2 Å². The fraction of sp³-hybridized carbons (Fsp3) is 0.222. The van der Waals surface area contributed by atoms with E-state index in [2.05, 4.69) is 15.4 Å². The summed E-state index contributed by atoms with van der Waals surface area (Å²) < 4.78 is 53.8. The molecule has 0 atom stereocenters. The molecule has 0 heterocycles. The number of hydrogen-bond donors (Lipinski definition) is 2. The highest BCUT2D eigenvalue weighted by Gasteiger charge is 2.28. The van der Waals surface area contributed by atoms with E-state index in [0.717, 1.165) is 12.1 Å². The van der Waals surface area contributed by atoms with Crippen LogP contribution in [0.15, 0.2) is 42.5 Å². The predicted octanol–water partition coefficient (Wildman–Crippen LogP) is 4.18. The Hall–Kier alpha value is -2.81. The van der Waals surface area contributed by atoms with Gasteiger partial charge >= 0.3 is 6.18 Å². The van der Waals surface area contributed by atoms with Crippen molar-refractivity contribution in [3.8, 4) is 5.75 Å². The topological polar surface area (TPSA) is 67.4 Å². The lowest BCUT2D eigenvalue weighted by Gasteiger charge is -2.10. The Kier molecular flexibility index (Phi) is 7.22. The number of hydrogen-bond acceptors (Lipinski definition) is 3. The third kappa shape index (κ3) is 7.07. The van der Waals surface area contributed by atoms with Crippen LogP contribution in [-0.2, 0) is 4.79 Å². The molecule has 2 N–H and O–H groups in total. The Morgan fingerprint density at radius 2 is 1.75 bits per heavy atom. The first kappa shape index (κ1) is 21.5. The van der Waals surface area contributed by atoms with Gasteiger partial charge in [0.05, 0.1) is 10.6 Å². The van der Waals surface area contributed by atoms with Crippen molar-refractivity contribution < 1.29 is 31.9 Å². The van der Waals surface area contributed by atoms with E-state index in [0.29, 0.717) is 5.69 Å². The second-order valence-electron chi connectivity index (χ2n) is 5.61. The summed E-state index contributed by atoms with van der Waals surface area (Å²) in [5.41, 5.74) is 0.440. The minimum Gasteiger partial charge on any atom is -0.484 e. The smallest absolute Gasteiger partial charge is 0.422 e. The van der Waals surface area contributed by atoms with Crippen LogP contribution >= 0.6 is 11.6 Å². The summed E-state index contributed by atoms with van der Waals surface area (Å²) in [5, 5.41) is 4.97. The maximum Gasteiger partial charge on any atom is 0.422 e. The summed E-state index contributed by atoms with van der Waals surface area (Å²) in [6.07, 6.45) is -4.49. The van der Waals surface area contributed by atoms with Gasteiger partial charge in [0, 0.05) is 18.7 Å². The third-order valence-electron chi connectivity index (χ3n) is 3.35. The van der Waals surface area contributed by atoms with Crippen molar-refractivity contribution in [3.63, 3.8) is 0 Å². The Morgan fingerprint density at radius 3 is 2.36 bits per heavy atom. The standard InChI is InChI=1S/C18H15ClF4N2O3/c19-15-9-11(20)1-6-14(15)17(27)24-8-7-16(26)25-12-2-4-13(5-3-12)28-10-18(21,22)23/h1-6,9H,7-8,10H2,(H,24,27)(H,25,26). The molecule has 0 spiro atoms. The summed E-state index contributed by atoms with van der Waals surface area (Å²) >= 11 is 5.78. The Labute approximate surface area is 162 Å². The summed E-state index contributed by atoms with van der Waals surface area (Å²) in [6.45, 7) is -1.40. The third-order valence-corrected chi connectivity index (χ3v) is 3.67. The molecule has 0 bridgehead atoms. The van der Waals surface area contributed by atoms with Gasteiger partial charge < -0.3 is 15.4 Å². The summed E-state index contributed by atoms with van der Waals surface area (Å²) in [6, 6.07) is 8.69. The normalized spacial score (nSPS) is 11.0. The minimum absolute atomic E-state index is 0.00511. The van der Waals surface area contributed by atoms with Crippen LogP contribution in [-0.4, -0.2) is 31.1 Å². The molecule has 0 unspecified atom stereocenters. The van der Waals surface area contributed by atoms with E-state index in [1.807, 2.05) is 0 Å². The van der Waals surface area contributed by atoms with Crippen molar-refractivity contribution in [1.82, 2.24) is 5.32 Å². The zero-order chi connectivity index (χ0) is 20.7. The first-order valence-electron chi connectivity index (χ1n) is 7.97. The zero-order valence-electron chi connectivity index (χ0n) is 14.3. The molecule has 2 rings (SSSR count). The van der Waals surface area contributed by atoms with E-state index >= 15 is 0 Å². The highest BCUT2D eigenvalue weighted by molar-refractivity contribution is 6.33. The summed E-state index contributed by atoms with van der Waals surface area (Å²) in [7, 11) is 0. The number of nitrogens with one attached hydrogen (secondary N) is 2. The van der Waals surface area contributed by atoms with Crippen molar-refractivity contribution in [2.24, 2.45) is 0 Å². The summed E-state index contributed by atoms with van der Waals surface area (Å²) in [5.74, 6) is -1.53. The van der Waals surface area contributed by atoms with Crippen molar-refractivity contribution in [3.05, 3.63) is 58.9 Å². The van der Waals surface area contributed by atoms with Gasteiger partial charge in [-0.05, 0) is 42.5 Å². The Bertz CT molecular complexity index is 842. The van der Waals surface area contributed by atoms with Gasteiger partial charge in [-0.2, -0.15) is 13.2 Å². The lowest BCUT2D eigenvalue weighted by Crippen LogP contribution is -2.27. The van der Waals surface area contributed by atoms with Crippen molar-refractivity contribution in [2.45, 2.75) is 12.6 Å². The zero-order valence-corrected chi connectivity index (χ0v) is 15.0. The SMILES string of the molecule is O=C(CCNC(=O)c1ccc(F)cc1Cl)Nc1ccc(OCC(F)(F)F)cc1. The van der Waals surface area contributed by atoms with Gasteiger partial charge in [-0.3, -0.25) is 9.59 Å². The molecule has 150 valence electrons. The molecule has 2 aromatic rings. The fourth-order valence-electron chi connectivity index (χ4n) is 2.08. The minimum atomic E-state index is -4.44. The van der Waals surface area contributed by atoms with Crippen molar-refractivity contribution in [2.75, 3.05) is 18.5 Å². The maximum absolute atomic E-state index is 13.0. The number of alkyl halides is 3. The van der Waals surface area contributed by atoms with Gasteiger partial charge in [0.2, 0.25) is 5.91 Å². The average Bonchev–Trinajstić information content (AvgIpc) is 2.60. The largest absolute Gasteiger partial charge is 0.484 e. The van der Waals surface area contributed by atoms with E-state index in [-0.39, 0.29) is 29.3 Å². The number of halogens is 5. The van der Waals surface area contributed by atoms with Crippen LogP contribution in [0.5, 0.6) is 5.75 Å². The second-order valence-corrected chi connectivity index (χ2v) is 6.01. The van der Waals surface area contributed by atoms with Gasteiger partial charge in [0.15, 0.2) is 6.61 Å². The number of anilines is 1. The molecular weight excluding hydrogens is 404 g/mol. The van der Waals surface area contributed by atoms with Gasteiger partial charge in [0.25, 0.3) is 5.91 Å². The van der Waals surface area contributed by atoms with Crippen LogP contribution in [0.25, 0.3) is 0 Å². The van der Waals surface area contributed by atoms with E-state index in [4.69, 9.17) is 11.6 Å². The number of carbonyl (C=O) groups is 2. The predicted molar refractivity (Wildman–Crippen MR) is 95.0 cm³/mol. The van der Waals surface area contributed by atoms with Gasteiger partial charge in [0.1, 0.15) is 11.6 Å². The monoisotopic (exact) mass is 418 g/mol. The molecule has 5 nitrogen and oxygen atoms in total. The molecule has 28 heavy (non-hydrogen) atoms. The fourth-order valence-corrected chi connectivity index (χ4v) is 2.33. The van der Waals surface area contributed by atoms with Crippen LogP contribution in [0.2, 0.25) is 5.02 Å². The lowest BCUT2D eigenvalue weighted by molar-refractivity contribution is -0.153. The molecule has 2 aromatic carbocycles. The Morgan fingerprint density at radius 1 is 1.07 bits per heavy atom. The molecule has 2 amide bonds. The molecule has 0 aromatic heterocycles. The van der Waals surface area contributed by atoms with Crippen LogP contribution < -0.4 is 15.4 Å². The molecule has 0 saturated heterocycles. The van der Waals surface area contributed by atoms with E-state index in [9.17, 15) is 27.2 Å². The first-order chi connectivity index (χ1) is 13.1.